The predicted molar refractivity (Wildman–Crippen MR) is 95.4 cm³/mol. The Balaban J connectivity index is 1.53. The average Bonchev–Trinajstić information content (AvgIpc) is 2.82. The maximum atomic E-state index is 5.60. The lowest BCUT2D eigenvalue weighted by Gasteiger charge is -2.22. The smallest absolute Gasteiger partial charge is 0.252 e. The summed E-state index contributed by atoms with van der Waals surface area (Å²) in [6, 6.07) is 6.08. The van der Waals surface area contributed by atoms with Crippen molar-refractivity contribution in [1.29, 1.82) is 0 Å². The molecule has 0 unspecified atom stereocenters. The highest BCUT2D eigenvalue weighted by Crippen LogP contribution is 2.25. The van der Waals surface area contributed by atoms with Crippen molar-refractivity contribution in [3.8, 4) is 0 Å². The molecule has 0 spiro atoms. The van der Waals surface area contributed by atoms with Gasteiger partial charge in [0.15, 0.2) is 17.2 Å². The van der Waals surface area contributed by atoms with E-state index < -0.39 is 0 Å². The van der Waals surface area contributed by atoms with E-state index >= 15 is 0 Å². The van der Waals surface area contributed by atoms with Gasteiger partial charge in [-0.15, -0.1) is 0 Å². The molecule has 7 heteroatoms. The molecule has 0 amide bonds. The molecule has 0 saturated carbocycles. The summed E-state index contributed by atoms with van der Waals surface area (Å²) >= 11 is 0. The summed E-state index contributed by atoms with van der Waals surface area (Å²) in [7, 11) is 0. The van der Waals surface area contributed by atoms with E-state index in [1.165, 1.54) is 0 Å². The fourth-order valence-electron chi connectivity index (χ4n) is 3.30. The maximum absolute atomic E-state index is 5.60. The first-order chi connectivity index (χ1) is 12.2. The van der Waals surface area contributed by atoms with Crippen molar-refractivity contribution < 1.29 is 4.42 Å². The Morgan fingerprint density at radius 1 is 1.04 bits per heavy atom. The van der Waals surface area contributed by atoms with E-state index in [9.17, 15) is 0 Å². The molecule has 3 aromatic rings. The molecule has 4 heterocycles. The molecule has 130 valence electrons. The Morgan fingerprint density at radius 2 is 1.96 bits per heavy atom. The number of aromatic nitrogens is 4. The number of nitrogens with zero attached hydrogens (tertiary/aromatic N) is 6. The zero-order chi connectivity index (χ0) is 17.2. The molecule has 4 rings (SSSR count). The van der Waals surface area contributed by atoms with Gasteiger partial charge in [-0.25, -0.2) is 9.97 Å². The normalized spacial score (nSPS) is 16.3. The summed E-state index contributed by atoms with van der Waals surface area (Å²) < 4.78 is 5.60. The average molecular weight is 338 g/mol. The fourth-order valence-corrected chi connectivity index (χ4v) is 3.30. The van der Waals surface area contributed by atoms with Gasteiger partial charge in [0.05, 0.1) is 5.69 Å². The lowest BCUT2D eigenvalue weighted by atomic mass is 10.3. The topological polar surface area (TPSA) is 71.2 Å². The van der Waals surface area contributed by atoms with Crippen molar-refractivity contribution in [3.05, 3.63) is 41.8 Å². The second-order valence-electron chi connectivity index (χ2n) is 6.42. The molecule has 1 fully saturated rings. The van der Waals surface area contributed by atoms with E-state index in [-0.39, 0.29) is 0 Å². The van der Waals surface area contributed by atoms with Gasteiger partial charge in [0.25, 0.3) is 5.71 Å². The second kappa shape index (κ2) is 6.76. The van der Waals surface area contributed by atoms with E-state index in [1.807, 2.05) is 32.2 Å². The number of aryl methyl sites for hydroxylation is 2. The molecule has 0 bridgehead atoms. The molecule has 1 saturated heterocycles. The minimum Gasteiger partial charge on any atom is -0.422 e. The number of rotatable bonds is 3. The van der Waals surface area contributed by atoms with Crippen LogP contribution in [-0.2, 0) is 6.54 Å². The van der Waals surface area contributed by atoms with Crippen LogP contribution in [-0.4, -0.2) is 51.0 Å². The molecule has 25 heavy (non-hydrogen) atoms. The predicted octanol–water partition coefficient (Wildman–Crippen LogP) is 2.34. The summed E-state index contributed by atoms with van der Waals surface area (Å²) in [4.78, 5) is 22.7. The summed E-state index contributed by atoms with van der Waals surface area (Å²) in [5.74, 6) is 2.23. The van der Waals surface area contributed by atoms with Gasteiger partial charge in [-0.2, -0.15) is 4.98 Å². The number of hydrogen-bond acceptors (Lipinski definition) is 7. The van der Waals surface area contributed by atoms with Gasteiger partial charge in [-0.1, -0.05) is 6.07 Å². The lowest BCUT2D eigenvalue weighted by molar-refractivity contribution is 0.282. The molecular formula is C18H22N6O. The molecule has 0 aliphatic carbocycles. The number of hydrogen-bond donors (Lipinski definition) is 0. The standard InChI is InChI=1S/C18H22N6O/c1-13-20-17(16-18(21-13)25-14(2)22-16)24-9-5-8-23(10-11-24)12-15-6-3-4-7-19-15/h3-4,6-7H,5,8-12H2,1-2H3. The van der Waals surface area contributed by atoms with Crippen molar-refractivity contribution >= 4 is 17.0 Å². The van der Waals surface area contributed by atoms with Crippen LogP contribution in [0, 0.1) is 13.8 Å². The van der Waals surface area contributed by atoms with Crippen LogP contribution in [0.5, 0.6) is 0 Å². The molecule has 0 N–H and O–H groups in total. The summed E-state index contributed by atoms with van der Waals surface area (Å²) in [5.41, 5.74) is 2.46. The van der Waals surface area contributed by atoms with Crippen LogP contribution in [0.4, 0.5) is 5.82 Å². The zero-order valence-electron chi connectivity index (χ0n) is 14.6. The van der Waals surface area contributed by atoms with Gasteiger partial charge < -0.3 is 9.32 Å². The first-order valence-corrected chi connectivity index (χ1v) is 8.68. The van der Waals surface area contributed by atoms with E-state index in [0.29, 0.717) is 17.4 Å². The van der Waals surface area contributed by atoms with Gasteiger partial charge >= 0.3 is 0 Å². The zero-order valence-corrected chi connectivity index (χ0v) is 14.6. The number of oxazole rings is 1. The van der Waals surface area contributed by atoms with Crippen LogP contribution in [0.3, 0.4) is 0 Å². The Bertz CT molecular complexity index is 863. The third kappa shape index (κ3) is 3.46. The highest BCUT2D eigenvalue weighted by Gasteiger charge is 2.21. The van der Waals surface area contributed by atoms with Crippen LogP contribution in [0.25, 0.3) is 11.2 Å². The summed E-state index contributed by atoms with van der Waals surface area (Å²) in [5, 5.41) is 0. The lowest BCUT2D eigenvalue weighted by Crippen LogP contribution is -2.31. The van der Waals surface area contributed by atoms with E-state index in [2.05, 4.69) is 35.8 Å². The number of anilines is 1. The molecule has 0 aromatic carbocycles. The summed E-state index contributed by atoms with van der Waals surface area (Å²) in [6.45, 7) is 8.51. The fraction of sp³-hybridized carbons (Fsp3) is 0.444. The van der Waals surface area contributed by atoms with Gasteiger partial charge in [0.2, 0.25) is 0 Å². The van der Waals surface area contributed by atoms with E-state index in [4.69, 9.17) is 4.42 Å². The van der Waals surface area contributed by atoms with Crippen molar-refractivity contribution in [2.75, 3.05) is 31.1 Å². The van der Waals surface area contributed by atoms with Gasteiger partial charge in [0.1, 0.15) is 5.82 Å². The number of fused-ring (bicyclic) bond motifs is 1. The maximum Gasteiger partial charge on any atom is 0.252 e. The third-order valence-corrected chi connectivity index (χ3v) is 4.46. The number of pyridine rings is 1. The van der Waals surface area contributed by atoms with Crippen LogP contribution in [0.2, 0.25) is 0 Å². The largest absolute Gasteiger partial charge is 0.422 e. The highest BCUT2D eigenvalue weighted by atomic mass is 16.4. The quantitative estimate of drug-likeness (QED) is 0.726. The van der Waals surface area contributed by atoms with Gasteiger partial charge in [-0.3, -0.25) is 9.88 Å². The van der Waals surface area contributed by atoms with Crippen molar-refractivity contribution in [1.82, 2.24) is 24.8 Å². The molecular weight excluding hydrogens is 316 g/mol. The van der Waals surface area contributed by atoms with Crippen LogP contribution in [0.15, 0.2) is 28.8 Å². The molecule has 7 nitrogen and oxygen atoms in total. The minimum atomic E-state index is 0.578. The monoisotopic (exact) mass is 338 g/mol. The van der Waals surface area contributed by atoms with Gasteiger partial charge in [0, 0.05) is 45.8 Å². The van der Waals surface area contributed by atoms with Crippen LogP contribution >= 0.6 is 0 Å². The molecule has 1 aliphatic heterocycles. The van der Waals surface area contributed by atoms with Crippen molar-refractivity contribution in [3.63, 3.8) is 0 Å². The Hall–Kier alpha value is -2.54. The third-order valence-electron chi connectivity index (χ3n) is 4.46. The highest BCUT2D eigenvalue weighted by molar-refractivity contribution is 5.82. The Labute approximate surface area is 146 Å². The van der Waals surface area contributed by atoms with Crippen molar-refractivity contribution in [2.45, 2.75) is 26.8 Å². The first-order valence-electron chi connectivity index (χ1n) is 8.68. The summed E-state index contributed by atoms with van der Waals surface area (Å²) in [6.07, 6.45) is 2.93. The van der Waals surface area contributed by atoms with E-state index in [0.717, 1.165) is 56.2 Å². The van der Waals surface area contributed by atoms with Gasteiger partial charge in [-0.05, 0) is 25.5 Å². The Kier molecular flexibility index (Phi) is 4.31. The van der Waals surface area contributed by atoms with Crippen LogP contribution in [0.1, 0.15) is 23.8 Å². The molecule has 0 atom stereocenters. The van der Waals surface area contributed by atoms with Crippen molar-refractivity contribution in [2.24, 2.45) is 0 Å². The van der Waals surface area contributed by atoms with Crippen LogP contribution < -0.4 is 4.90 Å². The van der Waals surface area contributed by atoms with E-state index in [1.54, 1.807) is 0 Å². The molecule has 1 aliphatic rings. The first kappa shape index (κ1) is 16.0. The minimum absolute atomic E-state index is 0.578. The Morgan fingerprint density at radius 3 is 2.80 bits per heavy atom. The second-order valence-corrected chi connectivity index (χ2v) is 6.42. The molecule has 0 radical (unpaired) electrons. The molecule has 3 aromatic heterocycles. The SMILES string of the molecule is Cc1nc(N2CCCN(Cc3ccccn3)CC2)c2nc(C)oc2n1.